The summed E-state index contributed by atoms with van der Waals surface area (Å²) in [6, 6.07) is 12.0. The van der Waals surface area contributed by atoms with Crippen molar-refractivity contribution in [3.8, 4) is 11.3 Å². The fourth-order valence-corrected chi connectivity index (χ4v) is 10.2. The number of amides is 2. The van der Waals surface area contributed by atoms with Gasteiger partial charge >= 0.3 is 5.97 Å². The zero-order chi connectivity index (χ0) is 61.0. The summed E-state index contributed by atoms with van der Waals surface area (Å²) < 4.78 is 133. The van der Waals surface area contributed by atoms with Crippen LogP contribution in [0.4, 0.5) is 5.69 Å². The van der Waals surface area contributed by atoms with Crippen molar-refractivity contribution < 1.29 is 96.9 Å². The van der Waals surface area contributed by atoms with Crippen molar-refractivity contribution in [1.82, 2.24) is 9.64 Å². The van der Waals surface area contributed by atoms with E-state index in [1.54, 1.807) is 14.2 Å². The number of carbonyl (C=O) groups excluding carboxylic acids is 3. The van der Waals surface area contributed by atoms with Gasteiger partial charge in [-0.1, -0.05) is 32.9 Å². The number of methoxy groups -OCH3 is 2. The minimum absolute atomic E-state index is 0.0211. The first-order valence-corrected chi connectivity index (χ1v) is 31.3. The van der Waals surface area contributed by atoms with Gasteiger partial charge in [-0.05, 0) is 73.7 Å². The van der Waals surface area contributed by atoms with Gasteiger partial charge in [-0.25, -0.2) is 9.37 Å². The lowest BCUT2D eigenvalue weighted by Crippen LogP contribution is -2.36. The van der Waals surface area contributed by atoms with Gasteiger partial charge in [0.1, 0.15) is 24.7 Å². The molecule has 0 spiro atoms. The Hall–Kier alpha value is -5.04. The second-order valence-corrected chi connectivity index (χ2v) is 23.9. The third-order valence-electron chi connectivity index (χ3n) is 13.6. The van der Waals surface area contributed by atoms with Gasteiger partial charge < -0.3 is 61.5 Å². The number of imide groups is 1. The van der Waals surface area contributed by atoms with Crippen molar-refractivity contribution in [3.05, 3.63) is 82.6 Å². The van der Waals surface area contributed by atoms with E-state index >= 15 is 0 Å². The molecule has 1 fully saturated rings. The number of fused-ring (bicyclic) bond motifs is 2. The maximum absolute atomic E-state index is 13.0. The maximum atomic E-state index is 13.0. The van der Waals surface area contributed by atoms with Crippen LogP contribution in [0.2, 0.25) is 0 Å². The Balaban J connectivity index is 1.41. The number of nitrogens with zero attached hydrogens (tertiary/aromatic N) is 3. The summed E-state index contributed by atoms with van der Waals surface area (Å²) in [5, 5.41) is 1.33. The first-order valence-electron chi connectivity index (χ1n) is 28.2. The molecule has 3 aliphatic heterocycles. The van der Waals surface area contributed by atoms with Gasteiger partial charge in [0.05, 0.1) is 122 Å². The molecule has 0 saturated carbocycles. The Bertz CT molecular complexity index is 2840. The van der Waals surface area contributed by atoms with E-state index in [0.717, 1.165) is 16.5 Å². The van der Waals surface area contributed by atoms with E-state index in [1.807, 2.05) is 75.1 Å². The molecular formula is C58H86N3O21S2+. The van der Waals surface area contributed by atoms with E-state index < -0.39 is 54.6 Å². The number of ether oxygens (including phenoxy) is 10. The highest BCUT2D eigenvalue weighted by Gasteiger charge is 2.44. The SMILES string of the molecule is COCCOCCOCCOCCOCC[N+](CCOCCOCCOCCOCCOC)=c1ccc2c(/C=C/C=C3\N(CCCS(=O)(=O)O)c4ccc(S(=O)(=O)O)cc4C3(C)CCCC(=O)ON3C(=O)CCC3=O)cc(C(C)(C)C)oc-2c1. The normalized spacial score (nSPS) is 16.3. The van der Waals surface area contributed by atoms with Gasteiger partial charge in [0.25, 0.3) is 32.1 Å². The monoisotopic (exact) mass is 1220 g/mol. The summed E-state index contributed by atoms with van der Waals surface area (Å²) in [6.07, 6.45) is 5.48. The van der Waals surface area contributed by atoms with Crippen molar-refractivity contribution in [3.63, 3.8) is 0 Å². The number of allylic oxidation sites excluding steroid dienone is 3. The molecule has 1 atom stereocenters. The Labute approximate surface area is 493 Å². The zero-order valence-corrected chi connectivity index (χ0v) is 51.0. The summed E-state index contributed by atoms with van der Waals surface area (Å²) in [6.45, 7) is 17.0. The molecule has 0 radical (unpaired) electrons. The summed E-state index contributed by atoms with van der Waals surface area (Å²) in [7, 11) is -5.81. The second-order valence-electron chi connectivity index (χ2n) is 21.0. The topological polar surface area (TPSA) is 284 Å². The van der Waals surface area contributed by atoms with Gasteiger partial charge in [0, 0.05) is 73.9 Å². The standard InChI is InChI=1S/C58H85N3O21S2/c1-57(2,3)53-42-45(10-7-11-52-58(4,19-8-12-56(64)82-61-54(62)17-18-55(61)63)49-44-47(84(68,69)70)14-16-50(49)60(52)20-9-41-83(65,66)67)48-15-13-46(43-51(48)81-53)59(21-23-73-29-31-77-37-39-79-35-33-75-27-25-71-5)22-24-74-30-32-78-38-40-80-36-34-76-28-26-72-6/h7,10-11,13-16,42-44H,8-9,12,17-41H2,1-6H3,(H-,65,66,67,68,69,70)/p+1. The van der Waals surface area contributed by atoms with Gasteiger partial charge in [-0.15, -0.1) is 5.06 Å². The van der Waals surface area contributed by atoms with Gasteiger partial charge in [0.2, 0.25) is 5.36 Å². The van der Waals surface area contributed by atoms with Crippen LogP contribution < -0.4 is 14.8 Å². The highest BCUT2D eigenvalue weighted by molar-refractivity contribution is 7.86. The van der Waals surface area contributed by atoms with Crippen LogP contribution in [0.5, 0.6) is 0 Å². The quantitative estimate of drug-likeness (QED) is 0.0331. The molecule has 2 N–H and O–H groups in total. The molecule has 1 aliphatic carbocycles. The molecule has 2 amide bonds. The van der Waals surface area contributed by atoms with Gasteiger partial charge in [-0.3, -0.25) is 18.7 Å². The van der Waals surface area contributed by atoms with E-state index in [9.17, 15) is 40.3 Å². The smallest absolute Gasteiger partial charge is 0.333 e. The molecule has 4 aliphatic rings. The van der Waals surface area contributed by atoms with E-state index in [1.165, 1.54) is 18.2 Å². The second kappa shape index (κ2) is 35.6. The minimum Gasteiger partial charge on any atom is -0.460 e. The first-order chi connectivity index (χ1) is 40.2. The molecule has 24 nitrogen and oxygen atoms in total. The number of rotatable bonds is 42. The third kappa shape index (κ3) is 23.3. The number of benzene rings is 2. The van der Waals surface area contributed by atoms with Crippen molar-refractivity contribution >= 4 is 49.8 Å². The lowest BCUT2D eigenvalue weighted by atomic mass is 9.77. The Morgan fingerprint density at radius 1 is 0.690 bits per heavy atom. The van der Waals surface area contributed by atoms with Gasteiger partial charge in [-0.2, -0.15) is 16.8 Å². The van der Waals surface area contributed by atoms with E-state index in [2.05, 4.69) is 4.58 Å². The van der Waals surface area contributed by atoms with Crippen molar-refractivity contribution in [2.24, 2.45) is 0 Å². The molecule has 470 valence electrons. The maximum Gasteiger partial charge on any atom is 0.333 e. The Morgan fingerprint density at radius 3 is 1.69 bits per heavy atom. The molecule has 3 heterocycles. The van der Waals surface area contributed by atoms with Crippen molar-refractivity contribution in [2.75, 3.05) is 163 Å². The Kier molecular flexibility index (Phi) is 29.5. The highest BCUT2D eigenvalue weighted by Crippen LogP contribution is 2.51. The molecule has 0 bridgehead atoms. The van der Waals surface area contributed by atoms with Crippen LogP contribution in [-0.4, -0.2) is 207 Å². The summed E-state index contributed by atoms with van der Waals surface area (Å²) in [5.74, 6) is -1.35. The average molecular weight is 1230 g/mol. The fraction of sp³-hybridized carbons (Fsp3) is 0.621. The number of anilines is 1. The van der Waals surface area contributed by atoms with Crippen molar-refractivity contribution in [2.45, 2.75) is 81.9 Å². The molecule has 1 saturated heterocycles. The predicted octanol–water partition coefficient (Wildman–Crippen LogP) is 4.86. The van der Waals surface area contributed by atoms with Gasteiger partial charge in [0.15, 0.2) is 13.1 Å². The number of hydrogen-bond donors (Lipinski definition) is 2. The molecule has 1 aromatic rings. The van der Waals surface area contributed by atoms with Crippen LogP contribution in [0.25, 0.3) is 17.4 Å². The summed E-state index contributed by atoms with van der Waals surface area (Å²) in [4.78, 5) is 44.0. The largest absolute Gasteiger partial charge is 0.460 e. The van der Waals surface area contributed by atoms with Crippen molar-refractivity contribution in [1.29, 1.82) is 0 Å². The van der Waals surface area contributed by atoms with Crippen LogP contribution >= 0.6 is 0 Å². The molecule has 26 heteroatoms. The van der Waals surface area contributed by atoms with Crippen LogP contribution in [0.3, 0.4) is 0 Å². The average Bonchev–Trinajstić information content (AvgIpc) is 1.73. The third-order valence-corrected chi connectivity index (χ3v) is 15.2. The van der Waals surface area contributed by atoms with Crippen LogP contribution in [-0.2, 0) is 97.7 Å². The fourth-order valence-electron chi connectivity index (χ4n) is 9.17. The van der Waals surface area contributed by atoms with E-state index in [-0.39, 0.29) is 50.0 Å². The number of hydroxylamine groups is 2. The highest BCUT2D eigenvalue weighted by atomic mass is 32.2. The minimum atomic E-state index is -4.69. The van der Waals surface area contributed by atoms with E-state index in [0.29, 0.717) is 166 Å². The predicted molar refractivity (Wildman–Crippen MR) is 309 cm³/mol. The van der Waals surface area contributed by atoms with Crippen LogP contribution in [0.1, 0.15) is 83.1 Å². The molecular weight excluding hydrogens is 1140 g/mol. The summed E-state index contributed by atoms with van der Waals surface area (Å²) in [5.41, 5.74) is 1.61. The molecule has 84 heavy (non-hydrogen) atoms. The van der Waals surface area contributed by atoms with E-state index in [4.69, 9.17) is 56.6 Å². The first kappa shape index (κ1) is 69.7. The number of carbonyl (C=O) groups is 3. The molecule has 1 unspecified atom stereocenters. The Morgan fingerprint density at radius 2 is 1.20 bits per heavy atom. The lowest BCUT2D eigenvalue weighted by Gasteiger charge is -2.30. The van der Waals surface area contributed by atoms with Crippen LogP contribution in [0.15, 0.2) is 69.6 Å². The summed E-state index contributed by atoms with van der Waals surface area (Å²) >= 11 is 0. The lowest BCUT2D eigenvalue weighted by molar-refractivity contribution is -0.197. The molecule has 0 aromatic heterocycles. The zero-order valence-electron chi connectivity index (χ0n) is 49.4. The van der Waals surface area contributed by atoms with Crippen LogP contribution in [0, 0.1) is 0 Å². The number of hydrogen-bond acceptors (Lipinski definition) is 20. The molecule has 5 rings (SSSR count). The molecule has 1 aromatic carbocycles.